The Balaban J connectivity index is 1.98. The number of aryl methyl sites for hydroxylation is 1. The van der Waals surface area contributed by atoms with Crippen LogP contribution in [0.4, 0.5) is 0 Å². The van der Waals surface area contributed by atoms with Gasteiger partial charge in [-0.3, -0.25) is 0 Å². The van der Waals surface area contributed by atoms with Gasteiger partial charge in [0.05, 0.1) is 18.8 Å². The van der Waals surface area contributed by atoms with Gasteiger partial charge in [-0.1, -0.05) is 0 Å². The van der Waals surface area contributed by atoms with Gasteiger partial charge in [-0.25, -0.2) is 4.79 Å². The molecule has 2 heterocycles. The average Bonchev–Trinajstić information content (AvgIpc) is 2.94. The van der Waals surface area contributed by atoms with E-state index in [-0.39, 0.29) is 11.6 Å². The van der Waals surface area contributed by atoms with Gasteiger partial charge in [-0.05, 0) is 32.0 Å². The largest absolute Gasteiger partial charge is 0.478 e. The first-order valence-electron chi connectivity index (χ1n) is 5.67. The third-order valence-corrected chi connectivity index (χ3v) is 2.75. The van der Waals surface area contributed by atoms with E-state index in [2.05, 4.69) is 5.32 Å². The van der Waals surface area contributed by atoms with Crippen LogP contribution in [0.2, 0.25) is 0 Å². The highest BCUT2D eigenvalue weighted by Gasteiger charge is 2.14. The highest BCUT2D eigenvalue weighted by Crippen LogP contribution is 2.17. The molecule has 0 aromatic carbocycles. The van der Waals surface area contributed by atoms with E-state index in [1.807, 2.05) is 19.1 Å². The Morgan fingerprint density at radius 1 is 1.56 bits per heavy atom. The standard InChI is InChI=1S/C13H15NO4/c1-8(12-4-3-5-17-12)14-7-10-6-11(13(15)16)9(2)18-10/h3-6,8,14H,7H2,1-2H3,(H,15,16)/t8-/m1/s1. The number of carboxylic acid groups (broad SMARTS) is 1. The van der Waals surface area contributed by atoms with Crippen LogP contribution in [0.1, 0.15) is 40.6 Å². The molecule has 0 radical (unpaired) electrons. The van der Waals surface area contributed by atoms with Crippen LogP contribution >= 0.6 is 0 Å². The van der Waals surface area contributed by atoms with E-state index < -0.39 is 5.97 Å². The Labute approximate surface area is 104 Å². The fraction of sp³-hybridized carbons (Fsp3) is 0.308. The van der Waals surface area contributed by atoms with Crippen molar-refractivity contribution in [3.05, 3.63) is 47.3 Å². The van der Waals surface area contributed by atoms with Gasteiger partial charge >= 0.3 is 5.97 Å². The summed E-state index contributed by atoms with van der Waals surface area (Å²) in [6, 6.07) is 5.29. The minimum atomic E-state index is -0.971. The van der Waals surface area contributed by atoms with Crippen LogP contribution in [0.15, 0.2) is 33.3 Å². The van der Waals surface area contributed by atoms with Gasteiger partial charge in [0.25, 0.3) is 0 Å². The lowest BCUT2D eigenvalue weighted by molar-refractivity contribution is 0.0695. The quantitative estimate of drug-likeness (QED) is 0.852. The van der Waals surface area contributed by atoms with E-state index in [0.29, 0.717) is 18.1 Å². The van der Waals surface area contributed by atoms with Crippen molar-refractivity contribution in [2.75, 3.05) is 0 Å². The zero-order valence-corrected chi connectivity index (χ0v) is 10.3. The molecule has 0 bridgehead atoms. The molecule has 5 nitrogen and oxygen atoms in total. The van der Waals surface area contributed by atoms with E-state index in [1.165, 1.54) is 0 Å². The van der Waals surface area contributed by atoms with Crippen molar-refractivity contribution in [3.63, 3.8) is 0 Å². The fourth-order valence-corrected chi connectivity index (χ4v) is 1.74. The summed E-state index contributed by atoms with van der Waals surface area (Å²) in [4.78, 5) is 10.9. The molecular formula is C13H15NO4. The Bertz CT molecular complexity index is 527. The van der Waals surface area contributed by atoms with Gasteiger partial charge in [0.2, 0.25) is 0 Å². The molecule has 1 atom stereocenters. The highest BCUT2D eigenvalue weighted by atomic mass is 16.4. The number of aromatic carboxylic acids is 1. The van der Waals surface area contributed by atoms with E-state index in [1.54, 1.807) is 19.3 Å². The second kappa shape index (κ2) is 5.10. The van der Waals surface area contributed by atoms with Crippen LogP contribution in [-0.4, -0.2) is 11.1 Å². The van der Waals surface area contributed by atoms with Crippen molar-refractivity contribution in [1.29, 1.82) is 0 Å². The normalized spacial score (nSPS) is 12.6. The van der Waals surface area contributed by atoms with Crippen molar-refractivity contribution in [2.45, 2.75) is 26.4 Å². The van der Waals surface area contributed by atoms with Crippen LogP contribution in [-0.2, 0) is 6.54 Å². The van der Waals surface area contributed by atoms with E-state index >= 15 is 0 Å². The lowest BCUT2D eigenvalue weighted by Crippen LogP contribution is -2.17. The lowest BCUT2D eigenvalue weighted by atomic mass is 10.2. The summed E-state index contributed by atoms with van der Waals surface area (Å²) >= 11 is 0. The van der Waals surface area contributed by atoms with Crippen LogP contribution in [0.5, 0.6) is 0 Å². The average molecular weight is 249 g/mol. The smallest absolute Gasteiger partial charge is 0.339 e. The van der Waals surface area contributed by atoms with Crippen molar-refractivity contribution in [3.8, 4) is 0 Å². The zero-order valence-electron chi connectivity index (χ0n) is 10.3. The molecule has 2 aromatic rings. The van der Waals surface area contributed by atoms with Crippen molar-refractivity contribution >= 4 is 5.97 Å². The van der Waals surface area contributed by atoms with E-state index in [9.17, 15) is 4.79 Å². The summed E-state index contributed by atoms with van der Waals surface area (Å²) < 4.78 is 10.6. The number of carbonyl (C=O) groups is 1. The molecule has 0 aliphatic carbocycles. The van der Waals surface area contributed by atoms with Crippen molar-refractivity contribution in [1.82, 2.24) is 5.32 Å². The molecule has 0 aliphatic rings. The minimum absolute atomic E-state index is 0.0404. The Morgan fingerprint density at radius 3 is 2.89 bits per heavy atom. The first-order valence-corrected chi connectivity index (χ1v) is 5.67. The molecule has 0 unspecified atom stereocenters. The Hall–Kier alpha value is -2.01. The molecule has 0 spiro atoms. The summed E-state index contributed by atoms with van der Waals surface area (Å²) in [7, 11) is 0. The van der Waals surface area contributed by atoms with Crippen LogP contribution in [0, 0.1) is 6.92 Å². The second-order valence-electron chi connectivity index (χ2n) is 4.11. The van der Waals surface area contributed by atoms with E-state index in [4.69, 9.17) is 13.9 Å². The van der Waals surface area contributed by atoms with Gasteiger partial charge in [0, 0.05) is 0 Å². The molecule has 96 valence electrons. The summed E-state index contributed by atoms with van der Waals surface area (Å²) in [6.45, 7) is 4.06. The number of hydrogen-bond donors (Lipinski definition) is 2. The summed E-state index contributed by atoms with van der Waals surface area (Å²) in [5.41, 5.74) is 0.206. The molecule has 0 aliphatic heterocycles. The predicted octanol–water partition coefficient (Wildman–Crippen LogP) is 2.73. The van der Waals surface area contributed by atoms with Crippen molar-refractivity contribution in [2.24, 2.45) is 0 Å². The summed E-state index contributed by atoms with van der Waals surface area (Å²) in [5.74, 6) is 0.881. The summed E-state index contributed by atoms with van der Waals surface area (Å²) in [6.07, 6.45) is 1.62. The van der Waals surface area contributed by atoms with Gasteiger partial charge in [0.1, 0.15) is 22.8 Å². The first kappa shape index (κ1) is 12.4. The van der Waals surface area contributed by atoms with E-state index in [0.717, 1.165) is 5.76 Å². The number of nitrogens with one attached hydrogen (secondary N) is 1. The van der Waals surface area contributed by atoms with Crippen molar-refractivity contribution < 1.29 is 18.7 Å². The molecule has 2 N–H and O–H groups in total. The first-order chi connectivity index (χ1) is 8.58. The Kier molecular flexibility index (Phi) is 3.53. The topological polar surface area (TPSA) is 75.6 Å². The summed E-state index contributed by atoms with van der Waals surface area (Å²) in [5, 5.41) is 12.1. The number of rotatable bonds is 5. The molecular weight excluding hydrogens is 234 g/mol. The number of carboxylic acids is 1. The third-order valence-electron chi connectivity index (χ3n) is 2.75. The maximum absolute atomic E-state index is 10.9. The third kappa shape index (κ3) is 2.62. The molecule has 2 aromatic heterocycles. The molecule has 18 heavy (non-hydrogen) atoms. The predicted molar refractivity (Wildman–Crippen MR) is 64.4 cm³/mol. The molecule has 5 heteroatoms. The van der Waals surface area contributed by atoms with Crippen LogP contribution in [0.25, 0.3) is 0 Å². The SMILES string of the molecule is Cc1oc(CN[C@H](C)c2ccco2)cc1C(=O)O. The lowest BCUT2D eigenvalue weighted by Gasteiger charge is -2.09. The minimum Gasteiger partial charge on any atom is -0.478 e. The molecule has 0 saturated carbocycles. The molecule has 0 saturated heterocycles. The second-order valence-corrected chi connectivity index (χ2v) is 4.11. The maximum atomic E-state index is 10.9. The monoisotopic (exact) mass is 249 g/mol. The highest BCUT2D eigenvalue weighted by molar-refractivity contribution is 5.88. The number of furan rings is 2. The number of hydrogen-bond acceptors (Lipinski definition) is 4. The molecule has 0 amide bonds. The van der Waals surface area contributed by atoms with Crippen LogP contribution in [0.3, 0.4) is 0 Å². The maximum Gasteiger partial charge on any atom is 0.339 e. The van der Waals surface area contributed by atoms with Crippen LogP contribution < -0.4 is 5.32 Å². The Morgan fingerprint density at radius 2 is 2.33 bits per heavy atom. The fourth-order valence-electron chi connectivity index (χ4n) is 1.74. The van der Waals surface area contributed by atoms with Gasteiger partial charge in [-0.15, -0.1) is 0 Å². The van der Waals surface area contributed by atoms with Gasteiger partial charge in [-0.2, -0.15) is 0 Å². The van der Waals surface area contributed by atoms with Gasteiger partial charge < -0.3 is 19.3 Å². The van der Waals surface area contributed by atoms with Gasteiger partial charge in [0.15, 0.2) is 0 Å². The molecule has 2 rings (SSSR count). The molecule has 0 fully saturated rings. The zero-order chi connectivity index (χ0) is 13.1.